The monoisotopic (exact) mass is 489 g/mol. The molecule has 0 saturated carbocycles. The van der Waals surface area contributed by atoms with Crippen molar-refractivity contribution in [3.8, 4) is 17.2 Å². The number of allylic oxidation sites excluding steroid dienone is 1. The van der Waals surface area contributed by atoms with Crippen LogP contribution in [0, 0.1) is 5.92 Å². The molecule has 1 atom stereocenters. The van der Waals surface area contributed by atoms with Gasteiger partial charge in [-0.25, -0.2) is 4.79 Å². The zero-order valence-electron chi connectivity index (χ0n) is 20.0. The lowest BCUT2D eigenvalue weighted by atomic mass is 9.86. The second-order valence-electron chi connectivity index (χ2n) is 9.30. The Balaban J connectivity index is 1.39. The number of alkyl halides is 1. The zero-order chi connectivity index (χ0) is 25.2. The molecule has 7 heteroatoms. The second-order valence-corrected chi connectivity index (χ2v) is 9.30. The molecule has 36 heavy (non-hydrogen) atoms. The number of phenolic OH excluding ortho intramolecular Hbond substituents is 1. The maximum absolute atomic E-state index is 12.6. The summed E-state index contributed by atoms with van der Waals surface area (Å²) in [5.74, 6) is 0.750. The summed E-state index contributed by atoms with van der Waals surface area (Å²) in [5.41, 5.74) is 4.62. The number of phenols is 1. The third kappa shape index (κ3) is 4.79. The minimum Gasteiger partial charge on any atom is -0.508 e. The van der Waals surface area contributed by atoms with Gasteiger partial charge in [0.05, 0.1) is 12.2 Å². The number of hydrogen-bond acceptors (Lipinski definition) is 5. The number of carbonyl (C=O) groups is 1. The van der Waals surface area contributed by atoms with Gasteiger partial charge in [-0.15, -0.1) is 0 Å². The van der Waals surface area contributed by atoms with E-state index in [-0.39, 0.29) is 23.9 Å². The number of hydrogen-bond donors (Lipinski definition) is 2. The normalized spacial score (nSPS) is 17.8. The Kier molecular flexibility index (Phi) is 6.65. The van der Waals surface area contributed by atoms with Crippen LogP contribution in [0.2, 0.25) is 0 Å². The predicted molar refractivity (Wildman–Crippen MR) is 135 cm³/mol. The molecule has 2 aliphatic rings. The van der Waals surface area contributed by atoms with Crippen LogP contribution in [-0.4, -0.2) is 54.0 Å². The predicted octanol–water partition coefficient (Wildman–Crippen LogP) is 5.43. The molecule has 0 aromatic heterocycles. The Morgan fingerprint density at radius 3 is 2.47 bits per heavy atom. The summed E-state index contributed by atoms with van der Waals surface area (Å²) in [6.07, 6.45) is -0.425. The molecule has 2 heterocycles. The zero-order valence-corrected chi connectivity index (χ0v) is 20.0. The number of ether oxygens (including phenoxy) is 2. The van der Waals surface area contributed by atoms with Crippen LogP contribution in [0.3, 0.4) is 0 Å². The Labute approximate surface area is 209 Å². The number of nitrogens with zero attached hydrogens (tertiary/aromatic N) is 1. The number of halogens is 1. The highest BCUT2D eigenvalue weighted by Gasteiger charge is 2.30. The van der Waals surface area contributed by atoms with Crippen LogP contribution < -0.4 is 9.47 Å². The van der Waals surface area contributed by atoms with Crippen LogP contribution in [0.25, 0.3) is 11.1 Å². The van der Waals surface area contributed by atoms with Crippen molar-refractivity contribution in [3.05, 3.63) is 89.0 Å². The van der Waals surface area contributed by atoms with E-state index >= 15 is 0 Å². The van der Waals surface area contributed by atoms with Crippen LogP contribution in [0.5, 0.6) is 17.2 Å². The molecule has 0 bridgehead atoms. The highest BCUT2D eigenvalue weighted by molar-refractivity contribution is 5.96. The van der Waals surface area contributed by atoms with E-state index in [1.807, 2.05) is 31.2 Å². The Morgan fingerprint density at radius 1 is 1.08 bits per heavy atom. The van der Waals surface area contributed by atoms with E-state index in [1.54, 1.807) is 42.5 Å². The van der Waals surface area contributed by atoms with Gasteiger partial charge in [0.15, 0.2) is 0 Å². The molecule has 186 valence electrons. The van der Waals surface area contributed by atoms with Crippen LogP contribution in [-0.2, 0) is 0 Å². The van der Waals surface area contributed by atoms with Crippen molar-refractivity contribution in [2.45, 2.75) is 13.0 Å². The standard InChI is InChI=1S/C29H28FNO5/c1-18-25-14-23(32)8-11-26(25)36-28(27(18)20-2-4-22(5-3-20)29(33)34)21-6-9-24(10-7-21)35-13-12-31-16-19(15-30)17-31/h2-11,14,19,28,32H,12-13,15-17H2,1H3,(H,33,34). The first kappa shape index (κ1) is 23.9. The van der Waals surface area contributed by atoms with Gasteiger partial charge in [0.25, 0.3) is 0 Å². The molecule has 2 aliphatic heterocycles. The first-order valence-corrected chi connectivity index (χ1v) is 12.0. The summed E-state index contributed by atoms with van der Waals surface area (Å²) in [4.78, 5) is 13.5. The number of benzene rings is 3. The van der Waals surface area contributed by atoms with Gasteiger partial charge in [0, 0.05) is 36.7 Å². The van der Waals surface area contributed by atoms with E-state index in [1.165, 1.54) is 0 Å². The maximum Gasteiger partial charge on any atom is 0.335 e. The smallest absolute Gasteiger partial charge is 0.335 e. The summed E-state index contributed by atoms with van der Waals surface area (Å²) >= 11 is 0. The molecule has 3 aromatic carbocycles. The highest BCUT2D eigenvalue weighted by atomic mass is 19.1. The minimum atomic E-state index is -0.981. The van der Waals surface area contributed by atoms with Crippen LogP contribution in [0.1, 0.15) is 40.1 Å². The third-order valence-electron chi connectivity index (χ3n) is 6.83. The van der Waals surface area contributed by atoms with Gasteiger partial charge in [-0.2, -0.15) is 0 Å². The van der Waals surface area contributed by atoms with E-state index in [0.29, 0.717) is 12.4 Å². The van der Waals surface area contributed by atoms with Gasteiger partial charge in [-0.1, -0.05) is 24.3 Å². The summed E-state index contributed by atoms with van der Waals surface area (Å²) < 4.78 is 24.9. The molecule has 6 nitrogen and oxygen atoms in total. The highest BCUT2D eigenvalue weighted by Crippen LogP contribution is 2.47. The van der Waals surface area contributed by atoms with Crippen LogP contribution >= 0.6 is 0 Å². The molecular formula is C29H28FNO5. The molecule has 1 unspecified atom stereocenters. The summed E-state index contributed by atoms with van der Waals surface area (Å²) in [6.45, 7) is 4.61. The molecule has 1 saturated heterocycles. The van der Waals surface area contributed by atoms with Gasteiger partial charge in [0.1, 0.15) is 30.0 Å². The molecule has 0 radical (unpaired) electrons. The van der Waals surface area contributed by atoms with E-state index in [0.717, 1.165) is 53.2 Å². The van der Waals surface area contributed by atoms with E-state index in [2.05, 4.69) is 4.90 Å². The Morgan fingerprint density at radius 2 is 1.81 bits per heavy atom. The van der Waals surface area contributed by atoms with Gasteiger partial charge >= 0.3 is 5.97 Å². The molecule has 2 N–H and O–H groups in total. The second kappa shape index (κ2) is 10.0. The molecule has 1 fully saturated rings. The van der Waals surface area contributed by atoms with Crippen molar-refractivity contribution >= 4 is 17.1 Å². The largest absolute Gasteiger partial charge is 0.508 e. The Hall–Kier alpha value is -3.84. The average molecular weight is 490 g/mol. The molecule has 0 amide bonds. The van der Waals surface area contributed by atoms with Crippen molar-refractivity contribution in [3.63, 3.8) is 0 Å². The lowest BCUT2D eigenvalue weighted by Gasteiger charge is -2.37. The first-order chi connectivity index (χ1) is 17.4. The van der Waals surface area contributed by atoms with E-state index in [4.69, 9.17) is 9.47 Å². The number of rotatable bonds is 8. The molecule has 0 spiro atoms. The number of carboxylic acid groups (broad SMARTS) is 1. The lowest BCUT2D eigenvalue weighted by molar-refractivity contribution is 0.0668. The number of aromatic hydroxyl groups is 1. The van der Waals surface area contributed by atoms with E-state index < -0.39 is 12.1 Å². The van der Waals surface area contributed by atoms with Crippen LogP contribution in [0.15, 0.2) is 66.7 Å². The van der Waals surface area contributed by atoms with Crippen LogP contribution in [0.4, 0.5) is 4.39 Å². The summed E-state index contributed by atoms with van der Waals surface area (Å²) in [5, 5.41) is 19.3. The number of likely N-dealkylation sites (tertiary alicyclic amines) is 1. The first-order valence-electron chi connectivity index (χ1n) is 12.0. The Bertz CT molecular complexity index is 1280. The summed E-state index contributed by atoms with van der Waals surface area (Å²) in [7, 11) is 0. The SMILES string of the molecule is CC1=C(c2ccc(C(=O)O)cc2)C(c2ccc(OCCN3CC(CF)C3)cc2)Oc2ccc(O)cc21. The number of fused-ring (bicyclic) bond motifs is 1. The fourth-order valence-electron chi connectivity index (χ4n) is 4.82. The van der Waals surface area contributed by atoms with Crippen molar-refractivity contribution in [1.82, 2.24) is 4.90 Å². The van der Waals surface area contributed by atoms with Crippen molar-refractivity contribution < 1.29 is 28.9 Å². The van der Waals surface area contributed by atoms with Gasteiger partial charge in [0.2, 0.25) is 0 Å². The van der Waals surface area contributed by atoms with Gasteiger partial charge < -0.3 is 19.7 Å². The quantitative estimate of drug-likeness (QED) is 0.439. The maximum atomic E-state index is 12.6. The minimum absolute atomic E-state index is 0.149. The topological polar surface area (TPSA) is 79.2 Å². The summed E-state index contributed by atoms with van der Waals surface area (Å²) in [6, 6.07) is 19.5. The van der Waals surface area contributed by atoms with E-state index in [9.17, 15) is 19.4 Å². The molecule has 3 aromatic rings. The average Bonchev–Trinajstić information content (AvgIpc) is 2.86. The van der Waals surface area contributed by atoms with Gasteiger partial charge in [-0.3, -0.25) is 9.29 Å². The fourth-order valence-corrected chi connectivity index (χ4v) is 4.82. The van der Waals surface area contributed by atoms with Crippen molar-refractivity contribution in [2.24, 2.45) is 5.92 Å². The lowest BCUT2D eigenvalue weighted by Crippen LogP contribution is -2.49. The molecule has 0 aliphatic carbocycles. The third-order valence-corrected chi connectivity index (χ3v) is 6.83. The van der Waals surface area contributed by atoms with Gasteiger partial charge in [-0.05, 0) is 66.1 Å². The van der Waals surface area contributed by atoms with Crippen molar-refractivity contribution in [1.29, 1.82) is 0 Å². The fraction of sp³-hybridized carbons (Fsp3) is 0.276. The number of aromatic carboxylic acids is 1. The molecule has 5 rings (SSSR count). The van der Waals surface area contributed by atoms with Crippen molar-refractivity contribution in [2.75, 3.05) is 32.9 Å². The molecular weight excluding hydrogens is 461 g/mol. The number of carboxylic acids is 1.